The van der Waals surface area contributed by atoms with E-state index < -0.39 is 29.4 Å². The minimum absolute atomic E-state index is 0.0215. The first-order valence-electron chi connectivity index (χ1n) is 8.70. The molecule has 0 bridgehead atoms. The molecule has 3 amide bonds. The number of hydrogen-bond acceptors (Lipinski definition) is 4. The molecule has 2 aromatic carbocycles. The molecule has 8 heteroatoms. The van der Waals surface area contributed by atoms with E-state index in [-0.39, 0.29) is 19.8 Å². The first-order valence-corrected chi connectivity index (χ1v) is 9.08. The number of carbonyl (C=O) groups excluding carboxylic acids is 2. The van der Waals surface area contributed by atoms with Gasteiger partial charge in [-0.3, -0.25) is 9.69 Å². The smallest absolute Gasteiger partial charge is 0.325 e. The van der Waals surface area contributed by atoms with Gasteiger partial charge in [0.1, 0.15) is 11.4 Å². The van der Waals surface area contributed by atoms with Crippen molar-refractivity contribution < 1.29 is 23.8 Å². The molecule has 2 atom stereocenters. The zero-order valence-corrected chi connectivity index (χ0v) is 15.9. The van der Waals surface area contributed by atoms with Gasteiger partial charge in [0.25, 0.3) is 5.91 Å². The third kappa shape index (κ3) is 4.16. The number of halogens is 2. The molecule has 2 N–H and O–H groups in total. The van der Waals surface area contributed by atoms with Crippen molar-refractivity contribution in [3.63, 3.8) is 0 Å². The number of amides is 3. The Hall–Kier alpha value is -2.48. The van der Waals surface area contributed by atoms with Crippen LogP contribution in [0.4, 0.5) is 9.18 Å². The molecule has 0 aromatic heterocycles. The highest BCUT2D eigenvalue weighted by Crippen LogP contribution is 2.29. The fraction of sp³-hybridized carbons (Fsp3) is 0.300. The summed E-state index contributed by atoms with van der Waals surface area (Å²) in [4.78, 5) is 26.0. The van der Waals surface area contributed by atoms with Crippen molar-refractivity contribution in [1.29, 1.82) is 0 Å². The predicted molar refractivity (Wildman–Crippen MR) is 101 cm³/mol. The molecule has 1 aliphatic heterocycles. The molecule has 6 nitrogen and oxygen atoms in total. The summed E-state index contributed by atoms with van der Waals surface area (Å²) in [5.74, 6) is -0.877. The van der Waals surface area contributed by atoms with Crippen LogP contribution in [0.5, 0.6) is 0 Å². The van der Waals surface area contributed by atoms with E-state index in [2.05, 4.69) is 5.32 Å². The van der Waals surface area contributed by atoms with Crippen LogP contribution in [0.3, 0.4) is 0 Å². The van der Waals surface area contributed by atoms with Crippen molar-refractivity contribution in [3.05, 3.63) is 70.5 Å². The zero-order chi connectivity index (χ0) is 20.3. The SMILES string of the molecule is C[C@@]1(c2ccc(Cl)cc2)NC(=O)N(C[C@@H](O)COCc2ccccc2F)C1=O. The molecule has 0 saturated carbocycles. The largest absolute Gasteiger partial charge is 0.389 e. The van der Waals surface area contributed by atoms with Gasteiger partial charge in [0.05, 0.1) is 25.9 Å². The minimum Gasteiger partial charge on any atom is -0.389 e. The molecule has 1 fully saturated rings. The lowest BCUT2D eigenvalue weighted by molar-refractivity contribution is -0.132. The average Bonchev–Trinajstić information content (AvgIpc) is 2.88. The van der Waals surface area contributed by atoms with Crippen LogP contribution in [-0.2, 0) is 21.7 Å². The minimum atomic E-state index is -1.24. The Kier molecular flexibility index (Phi) is 5.98. The van der Waals surface area contributed by atoms with Crippen LogP contribution in [-0.4, -0.2) is 41.2 Å². The van der Waals surface area contributed by atoms with E-state index in [4.69, 9.17) is 16.3 Å². The van der Waals surface area contributed by atoms with Gasteiger partial charge in [-0.1, -0.05) is 41.9 Å². The van der Waals surface area contributed by atoms with Crippen molar-refractivity contribution in [1.82, 2.24) is 10.2 Å². The Morgan fingerprint density at radius 3 is 2.57 bits per heavy atom. The molecule has 148 valence electrons. The maximum Gasteiger partial charge on any atom is 0.325 e. The number of urea groups is 1. The van der Waals surface area contributed by atoms with Gasteiger partial charge in [0.2, 0.25) is 0 Å². The first-order chi connectivity index (χ1) is 13.3. The van der Waals surface area contributed by atoms with Gasteiger partial charge in [-0.15, -0.1) is 0 Å². The number of nitrogens with zero attached hydrogens (tertiary/aromatic N) is 1. The van der Waals surface area contributed by atoms with Gasteiger partial charge in [0.15, 0.2) is 0 Å². The summed E-state index contributed by atoms with van der Waals surface area (Å²) in [5.41, 5.74) is -0.293. The lowest BCUT2D eigenvalue weighted by atomic mass is 9.92. The van der Waals surface area contributed by atoms with Crippen LogP contribution >= 0.6 is 11.6 Å². The fourth-order valence-electron chi connectivity index (χ4n) is 3.03. The van der Waals surface area contributed by atoms with Crippen molar-refractivity contribution in [2.24, 2.45) is 0 Å². The second-order valence-electron chi connectivity index (χ2n) is 6.74. The van der Waals surface area contributed by atoms with Crippen molar-refractivity contribution in [2.75, 3.05) is 13.2 Å². The van der Waals surface area contributed by atoms with E-state index in [9.17, 15) is 19.1 Å². The number of carbonyl (C=O) groups is 2. The molecule has 1 heterocycles. The quantitative estimate of drug-likeness (QED) is 0.693. The summed E-state index contributed by atoms with van der Waals surface area (Å²) < 4.78 is 18.9. The number of hydrogen-bond donors (Lipinski definition) is 2. The van der Waals surface area contributed by atoms with Gasteiger partial charge in [-0.2, -0.15) is 0 Å². The second-order valence-corrected chi connectivity index (χ2v) is 7.17. The summed E-state index contributed by atoms with van der Waals surface area (Å²) >= 11 is 5.88. The molecular formula is C20H20ClFN2O4. The normalized spacial score (nSPS) is 20.4. The van der Waals surface area contributed by atoms with Crippen molar-refractivity contribution >= 4 is 23.5 Å². The molecule has 3 rings (SSSR count). The van der Waals surface area contributed by atoms with E-state index in [1.54, 1.807) is 49.4 Å². The van der Waals surface area contributed by atoms with E-state index >= 15 is 0 Å². The summed E-state index contributed by atoms with van der Waals surface area (Å²) in [6, 6.07) is 12.2. The monoisotopic (exact) mass is 406 g/mol. The standard InChI is InChI=1S/C20H20ClFN2O4/c1-20(14-6-8-15(21)9-7-14)18(26)24(19(27)23-20)10-16(25)12-28-11-13-4-2-3-5-17(13)22/h2-9,16,25H,10-12H2,1H3,(H,23,27)/t16-,20+/m1/s1. The van der Waals surface area contributed by atoms with Crippen molar-refractivity contribution in [3.8, 4) is 0 Å². The molecule has 0 radical (unpaired) electrons. The summed E-state index contributed by atoms with van der Waals surface area (Å²) in [6.45, 7) is 1.19. The zero-order valence-electron chi connectivity index (χ0n) is 15.2. The lowest BCUT2D eigenvalue weighted by Gasteiger charge is -2.23. The Bertz CT molecular complexity index is 877. The van der Waals surface area contributed by atoms with Crippen molar-refractivity contribution in [2.45, 2.75) is 25.2 Å². The molecule has 2 aromatic rings. The maximum atomic E-state index is 13.6. The third-order valence-electron chi connectivity index (χ3n) is 4.62. The van der Waals surface area contributed by atoms with Crippen LogP contribution in [0.1, 0.15) is 18.1 Å². The van der Waals surface area contributed by atoms with Gasteiger partial charge in [0, 0.05) is 10.6 Å². The Morgan fingerprint density at radius 2 is 1.89 bits per heavy atom. The van der Waals surface area contributed by atoms with Crippen LogP contribution in [0.25, 0.3) is 0 Å². The van der Waals surface area contributed by atoms with Gasteiger partial charge >= 0.3 is 6.03 Å². The van der Waals surface area contributed by atoms with E-state index in [0.717, 1.165) is 4.90 Å². The van der Waals surface area contributed by atoms with E-state index in [1.165, 1.54) is 6.07 Å². The molecule has 0 aliphatic carbocycles. The molecule has 0 spiro atoms. The molecule has 0 unspecified atom stereocenters. The molecule has 28 heavy (non-hydrogen) atoms. The third-order valence-corrected chi connectivity index (χ3v) is 4.87. The van der Waals surface area contributed by atoms with E-state index in [1.807, 2.05) is 0 Å². The predicted octanol–water partition coefficient (Wildman–Crippen LogP) is 2.82. The number of β-amino-alcohol motifs (C(OH)–C–C–N with tert-alkyl or cyclic N) is 1. The Labute approximate surface area is 166 Å². The number of rotatable bonds is 7. The topological polar surface area (TPSA) is 78.9 Å². The highest BCUT2D eigenvalue weighted by Gasteiger charge is 2.49. The number of nitrogens with one attached hydrogen (secondary N) is 1. The summed E-state index contributed by atoms with van der Waals surface area (Å²) in [5, 5.41) is 13.3. The fourth-order valence-corrected chi connectivity index (χ4v) is 3.15. The highest BCUT2D eigenvalue weighted by molar-refractivity contribution is 6.30. The second kappa shape index (κ2) is 8.26. The summed E-state index contributed by atoms with van der Waals surface area (Å²) in [7, 11) is 0. The summed E-state index contributed by atoms with van der Waals surface area (Å²) in [6.07, 6.45) is -1.10. The van der Waals surface area contributed by atoms with Gasteiger partial charge in [-0.05, 0) is 30.7 Å². The number of aliphatic hydroxyl groups is 1. The molecule has 1 saturated heterocycles. The number of benzene rings is 2. The molecule has 1 aliphatic rings. The maximum absolute atomic E-state index is 13.6. The first kappa shape index (κ1) is 20.3. The van der Waals surface area contributed by atoms with E-state index in [0.29, 0.717) is 16.1 Å². The lowest BCUT2D eigenvalue weighted by Crippen LogP contribution is -2.42. The van der Waals surface area contributed by atoms with Gasteiger partial charge < -0.3 is 15.2 Å². The van der Waals surface area contributed by atoms with Gasteiger partial charge in [-0.25, -0.2) is 9.18 Å². The average molecular weight is 407 g/mol. The Morgan fingerprint density at radius 1 is 1.21 bits per heavy atom. The van der Waals surface area contributed by atoms with Crippen LogP contribution in [0.15, 0.2) is 48.5 Å². The number of ether oxygens (including phenoxy) is 1. The van der Waals surface area contributed by atoms with Crippen LogP contribution in [0.2, 0.25) is 5.02 Å². The molecular weight excluding hydrogens is 387 g/mol. The Balaban J connectivity index is 1.59. The number of aliphatic hydroxyl groups excluding tert-OH is 1. The van der Waals surface area contributed by atoms with Crippen LogP contribution in [0, 0.1) is 5.82 Å². The number of imide groups is 1. The van der Waals surface area contributed by atoms with Crippen LogP contribution < -0.4 is 5.32 Å². The highest BCUT2D eigenvalue weighted by atomic mass is 35.5.